The van der Waals surface area contributed by atoms with Gasteiger partial charge in [-0.1, -0.05) is 23.7 Å². The minimum Gasteiger partial charge on any atom is -0.367 e. The molecule has 0 fully saturated rings. The van der Waals surface area contributed by atoms with E-state index in [-0.39, 0.29) is 10.6 Å². The molecule has 3 amide bonds. The van der Waals surface area contributed by atoms with Crippen LogP contribution in [0.2, 0.25) is 5.02 Å². The summed E-state index contributed by atoms with van der Waals surface area (Å²) in [7, 11) is 0. The van der Waals surface area contributed by atoms with Crippen LogP contribution in [-0.4, -0.2) is 36.6 Å². The fourth-order valence-electron chi connectivity index (χ4n) is 3.22. The molecule has 0 radical (unpaired) electrons. The van der Waals surface area contributed by atoms with Gasteiger partial charge >= 0.3 is 0 Å². The number of primary amides is 1. The van der Waals surface area contributed by atoms with Gasteiger partial charge in [-0.25, -0.2) is 4.39 Å². The first-order valence-corrected chi connectivity index (χ1v) is 9.41. The maximum Gasteiger partial charge on any atom is 0.257 e. The summed E-state index contributed by atoms with van der Waals surface area (Å²) in [5, 5.41) is 8.06. The molecule has 0 aliphatic carbocycles. The Morgan fingerprint density at radius 2 is 1.93 bits per heavy atom. The zero-order valence-electron chi connectivity index (χ0n) is 15.9. The van der Waals surface area contributed by atoms with E-state index >= 15 is 0 Å². The van der Waals surface area contributed by atoms with E-state index in [0.29, 0.717) is 17.8 Å². The highest BCUT2D eigenvalue weighted by Gasteiger charge is 2.52. The molecule has 2 aromatic rings. The van der Waals surface area contributed by atoms with Crippen LogP contribution in [0.15, 0.2) is 47.5 Å². The van der Waals surface area contributed by atoms with Gasteiger partial charge in [0.1, 0.15) is 5.82 Å². The first-order valence-electron chi connectivity index (χ1n) is 9.03. The molecule has 0 aromatic heterocycles. The van der Waals surface area contributed by atoms with Crippen molar-refractivity contribution in [1.29, 1.82) is 0 Å². The number of nitrogens with two attached hydrogens (primary N) is 1. The Morgan fingerprint density at radius 1 is 1.23 bits per heavy atom. The lowest BCUT2D eigenvalue weighted by Crippen LogP contribution is -2.59. The number of carbonyl (C=O) groups is 3. The second-order valence-electron chi connectivity index (χ2n) is 6.55. The molecule has 156 valence electrons. The van der Waals surface area contributed by atoms with E-state index < -0.39 is 35.1 Å². The Kier molecular flexibility index (Phi) is 6.02. The van der Waals surface area contributed by atoms with Crippen molar-refractivity contribution >= 4 is 41.3 Å². The summed E-state index contributed by atoms with van der Waals surface area (Å²) in [6.45, 7) is 2.12. The molecule has 5 N–H and O–H groups in total. The van der Waals surface area contributed by atoms with Gasteiger partial charge in [0.15, 0.2) is 11.6 Å². The SMILES string of the molecule is CCNC(=O)C1N=CNC1(C(N)=O)c1ccc(NC(=O)c2ccc(F)cc2Cl)cc1. The Labute approximate surface area is 176 Å². The maximum absolute atomic E-state index is 13.2. The van der Waals surface area contributed by atoms with Gasteiger partial charge in [0.2, 0.25) is 5.91 Å². The van der Waals surface area contributed by atoms with Crippen molar-refractivity contribution in [2.75, 3.05) is 11.9 Å². The van der Waals surface area contributed by atoms with Gasteiger partial charge in [0.05, 0.1) is 16.9 Å². The van der Waals surface area contributed by atoms with Crippen molar-refractivity contribution < 1.29 is 18.8 Å². The number of hydrogen-bond acceptors (Lipinski definition) is 5. The van der Waals surface area contributed by atoms with Crippen molar-refractivity contribution in [1.82, 2.24) is 10.6 Å². The molecule has 1 heterocycles. The summed E-state index contributed by atoms with van der Waals surface area (Å²) in [5.41, 5.74) is 5.00. The number of anilines is 1. The van der Waals surface area contributed by atoms with Gasteiger partial charge in [0.25, 0.3) is 11.8 Å². The van der Waals surface area contributed by atoms with Crippen molar-refractivity contribution in [2.24, 2.45) is 10.7 Å². The number of hydrogen-bond donors (Lipinski definition) is 4. The lowest BCUT2D eigenvalue weighted by Gasteiger charge is -2.31. The number of amides is 3. The van der Waals surface area contributed by atoms with Crippen LogP contribution < -0.4 is 21.7 Å². The number of carbonyl (C=O) groups excluding carboxylic acids is 3. The molecule has 2 unspecified atom stereocenters. The summed E-state index contributed by atoms with van der Waals surface area (Å²) in [6, 6.07) is 8.58. The average molecular weight is 432 g/mol. The number of halogens is 2. The number of likely N-dealkylation sites (N-methyl/N-ethyl adjacent to an activating group) is 1. The molecule has 0 saturated heterocycles. The van der Waals surface area contributed by atoms with E-state index in [2.05, 4.69) is 20.9 Å². The number of rotatable bonds is 6. The second kappa shape index (κ2) is 8.50. The molecular weight excluding hydrogens is 413 g/mol. The Morgan fingerprint density at radius 3 is 2.53 bits per heavy atom. The van der Waals surface area contributed by atoms with E-state index in [4.69, 9.17) is 17.3 Å². The van der Waals surface area contributed by atoms with Crippen molar-refractivity contribution in [3.8, 4) is 0 Å². The van der Waals surface area contributed by atoms with E-state index in [0.717, 1.165) is 12.1 Å². The number of benzene rings is 2. The van der Waals surface area contributed by atoms with E-state index in [1.54, 1.807) is 31.2 Å². The fraction of sp³-hybridized carbons (Fsp3) is 0.200. The zero-order chi connectivity index (χ0) is 21.9. The number of nitrogens with zero attached hydrogens (tertiary/aromatic N) is 1. The first kappa shape index (κ1) is 21.3. The maximum atomic E-state index is 13.2. The molecule has 0 bridgehead atoms. The molecular formula is C20H19ClFN5O3. The highest BCUT2D eigenvalue weighted by Crippen LogP contribution is 2.31. The first-order chi connectivity index (χ1) is 14.3. The number of nitrogens with one attached hydrogen (secondary N) is 3. The van der Waals surface area contributed by atoms with Gasteiger partial charge in [-0.3, -0.25) is 19.4 Å². The largest absolute Gasteiger partial charge is 0.367 e. The minimum absolute atomic E-state index is 0.0196. The van der Waals surface area contributed by atoms with Gasteiger partial charge in [-0.05, 0) is 42.8 Å². The number of aliphatic imine (C=N–C) groups is 1. The fourth-order valence-corrected chi connectivity index (χ4v) is 3.47. The van der Waals surface area contributed by atoms with Crippen molar-refractivity contribution in [3.05, 3.63) is 64.4 Å². The summed E-state index contributed by atoms with van der Waals surface area (Å²) in [6.07, 6.45) is 1.27. The van der Waals surface area contributed by atoms with E-state index in [1.807, 2.05) is 0 Å². The van der Waals surface area contributed by atoms with Crippen LogP contribution in [0.25, 0.3) is 0 Å². The molecule has 30 heavy (non-hydrogen) atoms. The Balaban J connectivity index is 1.85. The third kappa shape index (κ3) is 3.84. The predicted octanol–water partition coefficient (Wildman–Crippen LogP) is 1.55. The monoisotopic (exact) mass is 431 g/mol. The quantitative estimate of drug-likeness (QED) is 0.553. The van der Waals surface area contributed by atoms with Crippen LogP contribution in [0.1, 0.15) is 22.8 Å². The smallest absolute Gasteiger partial charge is 0.257 e. The zero-order valence-corrected chi connectivity index (χ0v) is 16.7. The van der Waals surface area contributed by atoms with Crippen molar-refractivity contribution in [3.63, 3.8) is 0 Å². The van der Waals surface area contributed by atoms with Crippen LogP contribution in [0.4, 0.5) is 10.1 Å². The summed E-state index contributed by atoms with van der Waals surface area (Å²) in [5.74, 6) is -2.29. The minimum atomic E-state index is -1.55. The molecule has 2 atom stereocenters. The highest BCUT2D eigenvalue weighted by molar-refractivity contribution is 6.34. The average Bonchev–Trinajstić information content (AvgIpc) is 3.15. The van der Waals surface area contributed by atoms with Crippen LogP contribution in [0.5, 0.6) is 0 Å². The molecule has 0 spiro atoms. The second-order valence-corrected chi connectivity index (χ2v) is 6.95. The third-order valence-corrected chi connectivity index (χ3v) is 5.00. The van der Waals surface area contributed by atoms with Crippen molar-refractivity contribution in [2.45, 2.75) is 18.5 Å². The summed E-state index contributed by atoms with van der Waals surface area (Å²) < 4.78 is 13.2. The molecule has 1 aliphatic rings. The van der Waals surface area contributed by atoms with Crippen LogP contribution >= 0.6 is 11.6 Å². The van der Waals surface area contributed by atoms with Crippen LogP contribution in [0, 0.1) is 5.82 Å². The molecule has 10 heteroatoms. The molecule has 2 aromatic carbocycles. The lowest BCUT2D eigenvalue weighted by atomic mass is 9.82. The normalized spacial score (nSPS) is 19.8. The Hall–Kier alpha value is -3.46. The molecule has 8 nitrogen and oxygen atoms in total. The van der Waals surface area contributed by atoms with Crippen LogP contribution in [-0.2, 0) is 15.1 Å². The van der Waals surface area contributed by atoms with Gasteiger partial charge in [-0.2, -0.15) is 0 Å². The van der Waals surface area contributed by atoms with Crippen LogP contribution in [0.3, 0.4) is 0 Å². The van der Waals surface area contributed by atoms with Gasteiger partial charge in [-0.15, -0.1) is 0 Å². The van der Waals surface area contributed by atoms with Gasteiger partial charge < -0.3 is 21.7 Å². The molecule has 1 aliphatic heterocycles. The third-order valence-electron chi connectivity index (χ3n) is 4.69. The topological polar surface area (TPSA) is 126 Å². The standard InChI is InChI=1S/C20H19ClFN5O3/c1-2-24-18(29)16-20(19(23)30,26-10-25-16)11-3-6-13(7-4-11)27-17(28)14-8-5-12(22)9-15(14)21/h3-10,16H,2H2,1H3,(H2,23,30)(H,24,29)(H,25,26)(H,27,28). The lowest BCUT2D eigenvalue weighted by molar-refractivity contribution is -0.131. The summed E-state index contributed by atoms with van der Waals surface area (Å²) >= 11 is 5.91. The van der Waals surface area contributed by atoms with E-state index in [1.165, 1.54) is 12.4 Å². The molecule has 0 saturated carbocycles. The van der Waals surface area contributed by atoms with Gasteiger partial charge in [0, 0.05) is 12.2 Å². The Bertz CT molecular complexity index is 1030. The molecule has 3 rings (SSSR count). The predicted molar refractivity (Wildman–Crippen MR) is 111 cm³/mol. The summed E-state index contributed by atoms with van der Waals surface area (Å²) in [4.78, 5) is 41.2. The highest BCUT2D eigenvalue weighted by atomic mass is 35.5. The van der Waals surface area contributed by atoms with E-state index in [9.17, 15) is 18.8 Å².